The third-order valence-corrected chi connectivity index (χ3v) is 4.70. The van der Waals surface area contributed by atoms with Crippen molar-refractivity contribution in [1.82, 2.24) is 14.7 Å². The Morgan fingerprint density at radius 1 is 0.962 bits per heavy atom. The van der Waals surface area contributed by atoms with Crippen molar-refractivity contribution in [2.75, 3.05) is 70.9 Å². The van der Waals surface area contributed by atoms with E-state index in [0.717, 1.165) is 13.1 Å². The zero-order valence-corrected chi connectivity index (χ0v) is 14.8. The molecule has 2 aliphatic rings. The van der Waals surface area contributed by atoms with Gasteiger partial charge < -0.3 is 15.0 Å². The Kier molecular flexibility index (Phi) is 6.54. The van der Waals surface area contributed by atoms with Gasteiger partial charge in [0.05, 0.1) is 32.0 Å². The SMILES string of the molecule is O=C(CN1CCN(C(=O)CN2CCOCC2)CC1)Nc1ccccc1F. The van der Waals surface area contributed by atoms with Crippen LogP contribution in [0.4, 0.5) is 10.1 Å². The first-order valence-corrected chi connectivity index (χ1v) is 8.96. The zero-order chi connectivity index (χ0) is 18.4. The number of piperazine rings is 1. The Morgan fingerprint density at radius 2 is 1.62 bits per heavy atom. The van der Waals surface area contributed by atoms with E-state index in [1.807, 2.05) is 9.80 Å². The molecule has 2 heterocycles. The van der Waals surface area contributed by atoms with Gasteiger partial charge in [0, 0.05) is 39.3 Å². The summed E-state index contributed by atoms with van der Waals surface area (Å²) in [5, 5.41) is 2.59. The zero-order valence-electron chi connectivity index (χ0n) is 14.8. The standard InChI is InChI=1S/C18H25FN4O3/c19-15-3-1-2-4-16(15)20-17(24)13-21-5-7-23(8-6-21)18(25)14-22-9-11-26-12-10-22/h1-4H,5-14H2,(H,20,24). The van der Waals surface area contributed by atoms with Gasteiger partial charge in [-0.3, -0.25) is 19.4 Å². The summed E-state index contributed by atoms with van der Waals surface area (Å²) in [5.41, 5.74) is 0.192. The van der Waals surface area contributed by atoms with Crippen LogP contribution in [0.3, 0.4) is 0 Å². The number of hydrogen-bond donors (Lipinski definition) is 1. The predicted octanol–water partition coefficient (Wildman–Crippen LogP) is 0.241. The van der Waals surface area contributed by atoms with Crippen LogP contribution in [0, 0.1) is 5.82 Å². The third kappa shape index (κ3) is 5.23. The van der Waals surface area contributed by atoms with Crippen LogP contribution in [0.5, 0.6) is 0 Å². The topological polar surface area (TPSA) is 65.1 Å². The lowest BCUT2D eigenvalue weighted by Crippen LogP contribution is -2.53. The third-order valence-electron chi connectivity index (χ3n) is 4.70. The Hall–Kier alpha value is -2.03. The first kappa shape index (κ1) is 18.8. The Balaban J connectivity index is 1.39. The highest BCUT2D eigenvalue weighted by Crippen LogP contribution is 2.12. The summed E-state index contributed by atoms with van der Waals surface area (Å²) in [7, 11) is 0. The molecule has 2 aliphatic heterocycles. The molecular formula is C18H25FN4O3. The lowest BCUT2D eigenvalue weighted by Gasteiger charge is -2.36. The van der Waals surface area contributed by atoms with Crippen molar-refractivity contribution < 1.29 is 18.7 Å². The van der Waals surface area contributed by atoms with Gasteiger partial charge in [-0.15, -0.1) is 0 Å². The summed E-state index contributed by atoms with van der Waals surface area (Å²) in [6, 6.07) is 6.11. The number of anilines is 1. The van der Waals surface area contributed by atoms with E-state index in [0.29, 0.717) is 45.9 Å². The number of nitrogens with one attached hydrogen (secondary N) is 1. The van der Waals surface area contributed by atoms with Crippen LogP contribution in [0.1, 0.15) is 0 Å². The second kappa shape index (κ2) is 9.07. The molecule has 7 nitrogen and oxygen atoms in total. The summed E-state index contributed by atoms with van der Waals surface area (Å²) in [6.07, 6.45) is 0. The Bertz CT molecular complexity index is 629. The average Bonchev–Trinajstić information content (AvgIpc) is 2.65. The van der Waals surface area contributed by atoms with Crippen molar-refractivity contribution in [1.29, 1.82) is 0 Å². The lowest BCUT2D eigenvalue weighted by molar-refractivity contribution is -0.135. The molecule has 2 saturated heterocycles. The van der Waals surface area contributed by atoms with Gasteiger partial charge in [0.25, 0.3) is 0 Å². The molecule has 2 amide bonds. The summed E-state index contributed by atoms with van der Waals surface area (Å²) in [5.74, 6) is -0.565. The van der Waals surface area contributed by atoms with Gasteiger partial charge in [-0.05, 0) is 12.1 Å². The predicted molar refractivity (Wildman–Crippen MR) is 95.3 cm³/mol. The molecular weight excluding hydrogens is 339 g/mol. The van der Waals surface area contributed by atoms with E-state index in [-0.39, 0.29) is 24.0 Å². The molecule has 26 heavy (non-hydrogen) atoms. The van der Waals surface area contributed by atoms with Crippen LogP contribution in [-0.2, 0) is 14.3 Å². The van der Waals surface area contributed by atoms with E-state index in [4.69, 9.17) is 4.74 Å². The molecule has 1 aromatic rings. The minimum Gasteiger partial charge on any atom is -0.379 e. The fourth-order valence-electron chi connectivity index (χ4n) is 3.16. The number of hydrogen-bond acceptors (Lipinski definition) is 5. The van der Waals surface area contributed by atoms with Crippen molar-refractivity contribution in [2.45, 2.75) is 0 Å². The lowest BCUT2D eigenvalue weighted by atomic mass is 10.2. The van der Waals surface area contributed by atoms with Gasteiger partial charge in [0.2, 0.25) is 11.8 Å². The molecule has 0 atom stereocenters. The summed E-state index contributed by atoms with van der Waals surface area (Å²) < 4.78 is 18.9. The number of halogens is 1. The molecule has 1 aromatic carbocycles. The minimum absolute atomic E-state index is 0.127. The molecule has 0 spiro atoms. The first-order valence-electron chi connectivity index (χ1n) is 8.96. The number of benzene rings is 1. The van der Waals surface area contributed by atoms with E-state index in [9.17, 15) is 14.0 Å². The Labute approximate surface area is 152 Å². The highest BCUT2D eigenvalue weighted by molar-refractivity contribution is 5.92. The van der Waals surface area contributed by atoms with Gasteiger partial charge in [0.1, 0.15) is 5.82 Å². The Morgan fingerprint density at radius 3 is 2.31 bits per heavy atom. The maximum atomic E-state index is 13.6. The second-order valence-electron chi connectivity index (χ2n) is 6.57. The molecule has 2 fully saturated rings. The van der Waals surface area contributed by atoms with Gasteiger partial charge >= 0.3 is 0 Å². The van der Waals surface area contributed by atoms with Crippen molar-refractivity contribution in [2.24, 2.45) is 0 Å². The van der Waals surface area contributed by atoms with Crippen LogP contribution in [0.15, 0.2) is 24.3 Å². The largest absolute Gasteiger partial charge is 0.379 e. The van der Waals surface area contributed by atoms with Crippen molar-refractivity contribution >= 4 is 17.5 Å². The number of ether oxygens (including phenoxy) is 1. The molecule has 0 aliphatic carbocycles. The molecule has 0 radical (unpaired) electrons. The average molecular weight is 364 g/mol. The van der Waals surface area contributed by atoms with Crippen LogP contribution >= 0.6 is 0 Å². The summed E-state index contributed by atoms with van der Waals surface area (Å²) in [6.45, 7) is 6.06. The molecule has 0 aromatic heterocycles. The van der Waals surface area contributed by atoms with E-state index in [1.165, 1.54) is 12.1 Å². The highest BCUT2D eigenvalue weighted by atomic mass is 19.1. The van der Waals surface area contributed by atoms with Crippen molar-refractivity contribution in [3.63, 3.8) is 0 Å². The number of carbonyl (C=O) groups is 2. The van der Waals surface area contributed by atoms with Gasteiger partial charge in [-0.2, -0.15) is 0 Å². The van der Waals surface area contributed by atoms with Gasteiger partial charge in [0.15, 0.2) is 0 Å². The minimum atomic E-state index is -0.445. The first-order chi connectivity index (χ1) is 12.6. The molecule has 3 rings (SSSR count). The number of carbonyl (C=O) groups excluding carboxylic acids is 2. The van der Waals surface area contributed by atoms with Crippen LogP contribution in [-0.4, -0.2) is 92.1 Å². The smallest absolute Gasteiger partial charge is 0.238 e. The van der Waals surface area contributed by atoms with E-state index in [2.05, 4.69) is 10.2 Å². The van der Waals surface area contributed by atoms with Crippen LogP contribution in [0.25, 0.3) is 0 Å². The monoisotopic (exact) mass is 364 g/mol. The van der Waals surface area contributed by atoms with E-state index in [1.54, 1.807) is 12.1 Å². The number of amides is 2. The number of rotatable bonds is 5. The molecule has 1 N–H and O–H groups in total. The number of nitrogens with zero attached hydrogens (tertiary/aromatic N) is 3. The quantitative estimate of drug-likeness (QED) is 0.811. The maximum Gasteiger partial charge on any atom is 0.238 e. The normalized spacial score (nSPS) is 19.3. The molecule has 0 saturated carbocycles. The maximum absolute atomic E-state index is 13.6. The molecule has 8 heteroatoms. The van der Waals surface area contributed by atoms with Crippen LogP contribution < -0.4 is 5.32 Å². The fraction of sp³-hybridized carbons (Fsp3) is 0.556. The number of morpholine rings is 1. The fourth-order valence-corrected chi connectivity index (χ4v) is 3.16. The van der Waals surface area contributed by atoms with E-state index < -0.39 is 5.82 Å². The molecule has 142 valence electrons. The molecule has 0 unspecified atom stereocenters. The van der Waals surface area contributed by atoms with Crippen molar-refractivity contribution in [3.8, 4) is 0 Å². The van der Waals surface area contributed by atoms with Gasteiger partial charge in [-0.25, -0.2) is 4.39 Å². The van der Waals surface area contributed by atoms with Crippen LogP contribution in [0.2, 0.25) is 0 Å². The second-order valence-corrected chi connectivity index (χ2v) is 6.57. The highest BCUT2D eigenvalue weighted by Gasteiger charge is 2.24. The summed E-state index contributed by atoms with van der Waals surface area (Å²) >= 11 is 0. The van der Waals surface area contributed by atoms with Gasteiger partial charge in [-0.1, -0.05) is 12.1 Å². The summed E-state index contributed by atoms with van der Waals surface area (Å²) in [4.78, 5) is 30.4. The van der Waals surface area contributed by atoms with E-state index >= 15 is 0 Å². The number of para-hydroxylation sites is 1. The van der Waals surface area contributed by atoms with Crippen molar-refractivity contribution in [3.05, 3.63) is 30.1 Å². The molecule has 0 bridgehead atoms.